The van der Waals surface area contributed by atoms with Crippen LogP contribution in [0.4, 0.5) is 0 Å². The molecule has 0 saturated carbocycles. The maximum atomic E-state index is 5.78. The van der Waals surface area contributed by atoms with E-state index in [1.807, 2.05) is 54.9 Å². The van der Waals surface area contributed by atoms with Crippen LogP contribution in [0.5, 0.6) is 0 Å². The van der Waals surface area contributed by atoms with Crippen molar-refractivity contribution >= 4 is 16.4 Å². The molecule has 0 N–H and O–H groups in total. The third-order valence-electron chi connectivity index (χ3n) is 4.20. The van der Waals surface area contributed by atoms with E-state index in [-0.39, 0.29) is 0 Å². The molecule has 0 amide bonds. The Labute approximate surface area is 138 Å². The minimum atomic E-state index is 0.785. The molecule has 0 aliphatic heterocycles. The number of fused-ring (bicyclic) bond motifs is 2. The summed E-state index contributed by atoms with van der Waals surface area (Å²) in [5, 5.41) is 6.54. The number of aromatic nitrogens is 3. The van der Waals surface area contributed by atoms with E-state index in [0.29, 0.717) is 0 Å². The average Bonchev–Trinajstić information content (AvgIpc) is 3.26. The van der Waals surface area contributed by atoms with Crippen molar-refractivity contribution in [3.05, 3.63) is 79.3 Å². The highest BCUT2D eigenvalue weighted by atomic mass is 16.3. The lowest BCUT2D eigenvalue weighted by atomic mass is 10.1. The first kappa shape index (κ1) is 13.1. The third-order valence-corrected chi connectivity index (χ3v) is 4.20. The Morgan fingerprint density at radius 1 is 0.875 bits per heavy atom. The van der Waals surface area contributed by atoms with Gasteiger partial charge in [0.25, 0.3) is 0 Å². The number of rotatable bonds is 2. The van der Waals surface area contributed by atoms with Crippen LogP contribution in [0.2, 0.25) is 0 Å². The molecule has 24 heavy (non-hydrogen) atoms. The number of nitrogens with zero attached hydrogens (tertiary/aromatic N) is 3. The summed E-state index contributed by atoms with van der Waals surface area (Å²) in [6.45, 7) is 0. The Morgan fingerprint density at radius 2 is 1.71 bits per heavy atom. The van der Waals surface area contributed by atoms with Gasteiger partial charge >= 0.3 is 0 Å². The van der Waals surface area contributed by atoms with Gasteiger partial charge in [0.1, 0.15) is 5.69 Å². The van der Waals surface area contributed by atoms with Crippen LogP contribution in [0.1, 0.15) is 0 Å². The van der Waals surface area contributed by atoms with E-state index in [9.17, 15) is 0 Å². The third kappa shape index (κ3) is 1.93. The van der Waals surface area contributed by atoms with Crippen LogP contribution in [-0.2, 0) is 0 Å². The van der Waals surface area contributed by atoms with Gasteiger partial charge in [-0.25, -0.2) is 9.50 Å². The zero-order chi connectivity index (χ0) is 15.9. The molecule has 2 aromatic carbocycles. The highest BCUT2D eigenvalue weighted by Crippen LogP contribution is 2.31. The van der Waals surface area contributed by atoms with Crippen molar-refractivity contribution < 1.29 is 4.42 Å². The fraction of sp³-hybridized carbons (Fsp3) is 0. The largest absolute Gasteiger partial charge is 0.461 e. The lowest BCUT2D eigenvalue weighted by Gasteiger charge is -2.02. The topological polar surface area (TPSA) is 43.3 Å². The fourth-order valence-electron chi connectivity index (χ4n) is 3.01. The Balaban J connectivity index is 1.74. The molecule has 0 saturated heterocycles. The Kier molecular flexibility index (Phi) is 2.76. The van der Waals surface area contributed by atoms with E-state index >= 15 is 0 Å². The van der Waals surface area contributed by atoms with Crippen LogP contribution in [-0.4, -0.2) is 14.6 Å². The Bertz CT molecular complexity index is 1160. The molecule has 0 spiro atoms. The van der Waals surface area contributed by atoms with Crippen LogP contribution >= 0.6 is 0 Å². The van der Waals surface area contributed by atoms with Crippen molar-refractivity contribution in [1.82, 2.24) is 14.6 Å². The van der Waals surface area contributed by atoms with Gasteiger partial charge in [0.15, 0.2) is 11.4 Å². The van der Waals surface area contributed by atoms with Crippen molar-refractivity contribution in [3.63, 3.8) is 0 Å². The first-order valence-electron chi connectivity index (χ1n) is 7.76. The molecular weight excluding hydrogens is 298 g/mol. The van der Waals surface area contributed by atoms with Crippen LogP contribution in [0.25, 0.3) is 39.0 Å². The summed E-state index contributed by atoms with van der Waals surface area (Å²) in [5.74, 6) is 0.785. The molecule has 5 rings (SSSR count). The predicted octanol–water partition coefficient (Wildman–Crippen LogP) is 4.81. The smallest absolute Gasteiger partial charge is 0.163 e. The lowest BCUT2D eigenvalue weighted by molar-refractivity contribution is 0.585. The number of benzene rings is 2. The van der Waals surface area contributed by atoms with E-state index in [0.717, 1.165) is 39.0 Å². The second-order valence-corrected chi connectivity index (χ2v) is 5.66. The van der Waals surface area contributed by atoms with Gasteiger partial charge in [-0.3, -0.25) is 0 Å². The van der Waals surface area contributed by atoms with Crippen LogP contribution in [0.3, 0.4) is 0 Å². The second-order valence-electron chi connectivity index (χ2n) is 5.66. The first-order chi connectivity index (χ1) is 11.9. The highest BCUT2D eigenvalue weighted by Gasteiger charge is 2.13. The summed E-state index contributed by atoms with van der Waals surface area (Å²) in [5.41, 5.74) is 3.73. The minimum absolute atomic E-state index is 0.785. The van der Waals surface area contributed by atoms with E-state index in [2.05, 4.69) is 23.3 Å². The molecule has 0 bridgehead atoms. The molecule has 4 heteroatoms. The summed E-state index contributed by atoms with van der Waals surface area (Å²) >= 11 is 0. The zero-order valence-corrected chi connectivity index (χ0v) is 12.8. The number of hydrogen-bond donors (Lipinski definition) is 0. The molecule has 3 aromatic heterocycles. The maximum absolute atomic E-state index is 5.78. The number of furan rings is 1. The molecule has 0 atom stereocenters. The molecule has 0 radical (unpaired) electrons. The predicted molar refractivity (Wildman–Crippen MR) is 93.6 cm³/mol. The summed E-state index contributed by atoms with van der Waals surface area (Å²) < 4.78 is 7.57. The summed E-state index contributed by atoms with van der Waals surface area (Å²) in [6.07, 6.45) is 5.54. The molecular formula is C20H13N3O. The van der Waals surface area contributed by atoms with E-state index in [1.54, 1.807) is 10.8 Å². The Hall–Kier alpha value is -3.40. The minimum Gasteiger partial charge on any atom is -0.461 e. The van der Waals surface area contributed by atoms with Gasteiger partial charge in [0, 0.05) is 22.5 Å². The summed E-state index contributed by atoms with van der Waals surface area (Å²) in [6, 6.07) is 20.2. The van der Waals surface area contributed by atoms with Crippen LogP contribution in [0, 0.1) is 0 Å². The molecule has 3 heterocycles. The fourth-order valence-corrected chi connectivity index (χ4v) is 3.01. The van der Waals surface area contributed by atoms with Gasteiger partial charge < -0.3 is 4.42 Å². The van der Waals surface area contributed by atoms with Gasteiger partial charge in [0.05, 0.1) is 12.5 Å². The van der Waals surface area contributed by atoms with Gasteiger partial charge in [0.2, 0.25) is 0 Å². The molecule has 0 aliphatic carbocycles. The van der Waals surface area contributed by atoms with Crippen molar-refractivity contribution in [2.24, 2.45) is 0 Å². The lowest BCUT2D eigenvalue weighted by Crippen LogP contribution is -1.92. The SMILES string of the molecule is c1ccc(-c2cnn3ccc(-c4occ5ccccc45)nc23)cc1. The normalized spacial score (nSPS) is 11.3. The molecule has 5 aromatic rings. The van der Waals surface area contributed by atoms with Crippen LogP contribution in [0.15, 0.2) is 83.7 Å². The molecule has 0 fully saturated rings. The van der Waals surface area contributed by atoms with Gasteiger partial charge in [-0.05, 0) is 11.6 Å². The molecule has 114 valence electrons. The Morgan fingerprint density at radius 3 is 2.62 bits per heavy atom. The van der Waals surface area contributed by atoms with E-state index < -0.39 is 0 Å². The van der Waals surface area contributed by atoms with E-state index in [4.69, 9.17) is 9.40 Å². The zero-order valence-electron chi connectivity index (χ0n) is 12.8. The van der Waals surface area contributed by atoms with Gasteiger partial charge in [-0.1, -0.05) is 54.6 Å². The summed E-state index contributed by atoms with van der Waals surface area (Å²) in [4.78, 5) is 4.81. The number of hydrogen-bond acceptors (Lipinski definition) is 3. The van der Waals surface area contributed by atoms with Crippen molar-refractivity contribution in [2.45, 2.75) is 0 Å². The molecule has 0 unspecified atom stereocenters. The van der Waals surface area contributed by atoms with Crippen molar-refractivity contribution in [3.8, 4) is 22.6 Å². The quantitative estimate of drug-likeness (QED) is 0.470. The van der Waals surface area contributed by atoms with Gasteiger partial charge in [-0.15, -0.1) is 0 Å². The van der Waals surface area contributed by atoms with Crippen molar-refractivity contribution in [2.75, 3.05) is 0 Å². The van der Waals surface area contributed by atoms with E-state index in [1.165, 1.54) is 0 Å². The first-order valence-corrected chi connectivity index (χ1v) is 7.76. The van der Waals surface area contributed by atoms with Crippen LogP contribution < -0.4 is 0 Å². The van der Waals surface area contributed by atoms with Crippen molar-refractivity contribution in [1.29, 1.82) is 0 Å². The standard InChI is InChI=1S/C20H13N3O/c1-2-6-14(7-3-1)17-12-21-23-11-10-18(22-20(17)23)19-16-9-5-4-8-15(16)13-24-19/h1-13H. The van der Waals surface area contributed by atoms with Gasteiger partial charge in [-0.2, -0.15) is 5.10 Å². The molecule has 4 nitrogen and oxygen atoms in total. The second kappa shape index (κ2) is 5.06. The monoisotopic (exact) mass is 311 g/mol. The summed E-state index contributed by atoms with van der Waals surface area (Å²) in [7, 11) is 0. The average molecular weight is 311 g/mol. The maximum Gasteiger partial charge on any atom is 0.163 e. The highest BCUT2D eigenvalue weighted by molar-refractivity contribution is 5.93. The molecule has 0 aliphatic rings.